The van der Waals surface area contributed by atoms with Crippen molar-refractivity contribution in [3.63, 3.8) is 0 Å². The van der Waals surface area contributed by atoms with Gasteiger partial charge in [-0.2, -0.15) is 0 Å². The van der Waals surface area contributed by atoms with Gasteiger partial charge in [0.25, 0.3) is 0 Å². The first-order chi connectivity index (χ1) is 8.74. The molecule has 3 nitrogen and oxygen atoms in total. The Morgan fingerprint density at radius 1 is 1.44 bits per heavy atom. The van der Waals surface area contributed by atoms with E-state index >= 15 is 0 Å². The highest BCUT2D eigenvalue weighted by atomic mass is 35.5. The van der Waals surface area contributed by atoms with Crippen LogP contribution >= 0.6 is 11.6 Å². The number of hydrogen-bond acceptors (Lipinski definition) is 3. The summed E-state index contributed by atoms with van der Waals surface area (Å²) >= 11 is 6.34. The van der Waals surface area contributed by atoms with Crippen molar-refractivity contribution in [1.82, 2.24) is 10.3 Å². The lowest BCUT2D eigenvalue weighted by atomic mass is 9.94. The first-order valence-corrected chi connectivity index (χ1v) is 7.16. The van der Waals surface area contributed by atoms with E-state index in [1.165, 1.54) is 19.3 Å². The Balaban J connectivity index is 2.05. The Hall–Kier alpha value is -0.800. The highest BCUT2D eigenvalue weighted by Crippen LogP contribution is 2.29. The molecule has 2 heterocycles. The van der Waals surface area contributed by atoms with E-state index in [0.717, 1.165) is 42.0 Å². The zero-order valence-electron chi connectivity index (χ0n) is 11.2. The predicted molar refractivity (Wildman–Crippen MR) is 77.2 cm³/mol. The van der Waals surface area contributed by atoms with Gasteiger partial charge in [-0.05, 0) is 37.4 Å². The lowest BCUT2D eigenvalue weighted by Crippen LogP contribution is -2.34. The van der Waals surface area contributed by atoms with Gasteiger partial charge in [0, 0.05) is 25.8 Å². The molecule has 1 N–H and O–H groups in total. The van der Waals surface area contributed by atoms with E-state index in [2.05, 4.69) is 22.1 Å². The Labute approximate surface area is 115 Å². The highest BCUT2D eigenvalue weighted by molar-refractivity contribution is 6.33. The minimum Gasteiger partial charge on any atom is -0.355 e. The largest absolute Gasteiger partial charge is 0.355 e. The van der Waals surface area contributed by atoms with E-state index < -0.39 is 0 Å². The summed E-state index contributed by atoms with van der Waals surface area (Å²) in [6.07, 6.45) is 5.72. The molecule has 0 amide bonds. The van der Waals surface area contributed by atoms with Crippen LogP contribution in [0.3, 0.4) is 0 Å². The Morgan fingerprint density at radius 3 is 2.72 bits per heavy atom. The molecule has 18 heavy (non-hydrogen) atoms. The van der Waals surface area contributed by atoms with E-state index in [9.17, 15) is 0 Å². The summed E-state index contributed by atoms with van der Waals surface area (Å²) in [5.41, 5.74) is 1.13. The number of nitrogens with one attached hydrogen (secondary N) is 1. The highest BCUT2D eigenvalue weighted by Gasteiger charge is 2.20. The Kier molecular flexibility index (Phi) is 4.84. The van der Waals surface area contributed by atoms with Gasteiger partial charge in [-0.3, -0.25) is 0 Å². The van der Waals surface area contributed by atoms with Crippen LogP contribution in [0.2, 0.25) is 5.02 Å². The molecule has 0 unspecified atom stereocenters. The van der Waals surface area contributed by atoms with Crippen molar-refractivity contribution in [3.05, 3.63) is 22.8 Å². The van der Waals surface area contributed by atoms with E-state index in [-0.39, 0.29) is 0 Å². The molecule has 0 radical (unpaired) electrons. The van der Waals surface area contributed by atoms with Crippen LogP contribution in [0.25, 0.3) is 0 Å². The first-order valence-electron chi connectivity index (χ1n) is 6.78. The SMILES string of the molecule is CCC1CCN(c2ncc(CNC)cc2Cl)CC1. The average molecular weight is 268 g/mol. The molecule has 0 atom stereocenters. The summed E-state index contributed by atoms with van der Waals surface area (Å²) in [5.74, 6) is 1.83. The van der Waals surface area contributed by atoms with E-state index in [1.807, 2.05) is 19.3 Å². The van der Waals surface area contributed by atoms with Crippen LogP contribution in [0.4, 0.5) is 5.82 Å². The fourth-order valence-corrected chi connectivity index (χ4v) is 2.87. The number of hydrogen-bond donors (Lipinski definition) is 1. The Bertz CT molecular complexity index is 387. The molecule has 1 aliphatic heterocycles. The topological polar surface area (TPSA) is 28.2 Å². The number of piperidine rings is 1. The maximum Gasteiger partial charge on any atom is 0.147 e. The third-order valence-electron chi connectivity index (χ3n) is 3.75. The van der Waals surface area contributed by atoms with Crippen LogP contribution in [0.1, 0.15) is 31.7 Å². The van der Waals surface area contributed by atoms with Crippen molar-refractivity contribution in [2.75, 3.05) is 25.0 Å². The van der Waals surface area contributed by atoms with Gasteiger partial charge in [-0.1, -0.05) is 24.9 Å². The summed E-state index contributed by atoms with van der Waals surface area (Å²) in [7, 11) is 1.93. The summed E-state index contributed by atoms with van der Waals surface area (Å²) in [6.45, 7) is 5.25. The second-order valence-corrected chi connectivity index (χ2v) is 5.43. The summed E-state index contributed by atoms with van der Waals surface area (Å²) < 4.78 is 0. The van der Waals surface area contributed by atoms with Crippen molar-refractivity contribution >= 4 is 17.4 Å². The standard InChI is InChI=1S/C14H22ClN3/c1-3-11-4-6-18(7-5-11)14-13(15)8-12(9-16-2)10-17-14/h8,10-11,16H,3-7,9H2,1-2H3. The monoisotopic (exact) mass is 267 g/mol. The fraction of sp³-hybridized carbons (Fsp3) is 0.643. The molecular weight excluding hydrogens is 246 g/mol. The quantitative estimate of drug-likeness (QED) is 0.909. The maximum atomic E-state index is 6.34. The molecule has 0 spiro atoms. The minimum atomic E-state index is 0.776. The van der Waals surface area contributed by atoms with E-state index in [0.29, 0.717) is 0 Å². The molecule has 0 aliphatic carbocycles. The van der Waals surface area contributed by atoms with Crippen LogP contribution in [0, 0.1) is 5.92 Å². The molecule has 0 saturated carbocycles. The molecule has 1 aromatic heterocycles. The lowest BCUT2D eigenvalue weighted by Gasteiger charge is -2.32. The van der Waals surface area contributed by atoms with Gasteiger partial charge in [0.1, 0.15) is 5.82 Å². The van der Waals surface area contributed by atoms with Crippen LogP contribution in [-0.2, 0) is 6.54 Å². The van der Waals surface area contributed by atoms with Crippen molar-refractivity contribution in [2.45, 2.75) is 32.7 Å². The second kappa shape index (κ2) is 6.39. The van der Waals surface area contributed by atoms with Crippen molar-refractivity contribution in [1.29, 1.82) is 0 Å². The number of aromatic nitrogens is 1. The third-order valence-corrected chi connectivity index (χ3v) is 4.03. The summed E-state index contributed by atoms with van der Waals surface area (Å²) in [4.78, 5) is 6.84. The van der Waals surface area contributed by atoms with Crippen molar-refractivity contribution < 1.29 is 0 Å². The smallest absolute Gasteiger partial charge is 0.147 e. The van der Waals surface area contributed by atoms with Gasteiger partial charge in [-0.15, -0.1) is 0 Å². The van der Waals surface area contributed by atoms with Crippen LogP contribution in [0.5, 0.6) is 0 Å². The number of rotatable bonds is 4. The minimum absolute atomic E-state index is 0.776. The van der Waals surface area contributed by atoms with Crippen LogP contribution in [-0.4, -0.2) is 25.1 Å². The summed E-state index contributed by atoms with van der Waals surface area (Å²) in [5, 5.41) is 3.89. The molecule has 1 aromatic rings. The van der Waals surface area contributed by atoms with Crippen molar-refractivity contribution in [3.8, 4) is 0 Å². The first kappa shape index (κ1) is 13.6. The fourth-order valence-electron chi connectivity index (χ4n) is 2.56. The molecule has 100 valence electrons. The number of anilines is 1. The Morgan fingerprint density at radius 2 is 2.17 bits per heavy atom. The van der Waals surface area contributed by atoms with Gasteiger partial charge in [-0.25, -0.2) is 4.98 Å². The van der Waals surface area contributed by atoms with Crippen LogP contribution in [0.15, 0.2) is 12.3 Å². The number of pyridine rings is 1. The number of nitrogens with zero attached hydrogens (tertiary/aromatic N) is 2. The molecule has 1 saturated heterocycles. The molecule has 1 fully saturated rings. The predicted octanol–water partition coefficient (Wildman–Crippen LogP) is 3.08. The maximum absolute atomic E-state index is 6.34. The third kappa shape index (κ3) is 3.15. The van der Waals surface area contributed by atoms with Gasteiger partial charge in [0.2, 0.25) is 0 Å². The zero-order valence-corrected chi connectivity index (χ0v) is 12.0. The summed E-state index contributed by atoms with van der Waals surface area (Å²) in [6, 6.07) is 2.02. The normalized spacial score (nSPS) is 17.2. The van der Waals surface area contributed by atoms with Gasteiger partial charge < -0.3 is 10.2 Å². The van der Waals surface area contributed by atoms with Crippen LogP contribution < -0.4 is 10.2 Å². The second-order valence-electron chi connectivity index (χ2n) is 5.02. The molecular formula is C14H22ClN3. The molecule has 0 bridgehead atoms. The van der Waals surface area contributed by atoms with Crippen molar-refractivity contribution in [2.24, 2.45) is 5.92 Å². The van der Waals surface area contributed by atoms with Gasteiger partial charge >= 0.3 is 0 Å². The molecule has 1 aliphatic rings. The van der Waals surface area contributed by atoms with E-state index in [4.69, 9.17) is 11.6 Å². The van der Waals surface area contributed by atoms with Gasteiger partial charge in [0.05, 0.1) is 5.02 Å². The average Bonchev–Trinajstić information content (AvgIpc) is 2.40. The molecule has 2 rings (SSSR count). The molecule has 0 aromatic carbocycles. The lowest BCUT2D eigenvalue weighted by molar-refractivity contribution is 0.394. The van der Waals surface area contributed by atoms with Gasteiger partial charge in [0.15, 0.2) is 0 Å². The number of halogens is 1. The van der Waals surface area contributed by atoms with E-state index in [1.54, 1.807) is 0 Å². The molecule has 4 heteroatoms. The zero-order chi connectivity index (χ0) is 13.0.